The summed E-state index contributed by atoms with van der Waals surface area (Å²) in [5.41, 5.74) is 1.78. The first kappa shape index (κ1) is 15.1. The van der Waals surface area contributed by atoms with Gasteiger partial charge in [-0.2, -0.15) is 11.8 Å². The van der Waals surface area contributed by atoms with Gasteiger partial charge in [0.25, 0.3) is 5.69 Å². The van der Waals surface area contributed by atoms with E-state index in [0.717, 1.165) is 24.4 Å². The summed E-state index contributed by atoms with van der Waals surface area (Å²) in [7, 11) is 1.74. The van der Waals surface area contributed by atoms with E-state index in [1.807, 2.05) is 17.8 Å². The quantitative estimate of drug-likeness (QED) is 0.683. The number of rotatable bonds is 4. The van der Waals surface area contributed by atoms with Gasteiger partial charge in [0.05, 0.1) is 4.92 Å². The number of thioether (sulfide) groups is 1. The summed E-state index contributed by atoms with van der Waals surface area (Å²) >= 11 is 1.99. The number of nitrogens with one attached hydrogen (secondary N) is 1. The van der Waals surface area contributed by atoms with Gasteiger partial charge in [-0.3, -0.25) is 15.0 Å². The van der Waals surface area contributed by atoms with Crippen LogP contribution >= 0.6 is 11.8 Å². The Morgan fingerprint density at radius 2 is 2.25 bits per heavy atom. The molecule has 0 bridgehead atoms. The molecule has 2 unspecified atom stereocenters. The van der Waals surface area contributed by atoms with Crippen LogP contribution in [-0.2, 0) is 6.54 Å². The van der Waals surface area contributed by atoms with Crippen molar-refractivity contribution in [1.82, 2.24) is 4.90 Å². The highest BCUT2D eigenvalue weighted by Crippen LogP contribution is 2.31. The largest absolute Gasteiger partial charge is 0.382 e. The second-order valence-electron chi connectivity index (χ2n) is 5.11. The molecule has 20 heavy (non-hydrogen) atoms. The second-order valence-corrected chi connectivity index (χ2v) is 6.59. The first-order valence-electron chi connectivity index (χ1n) is 6.84. The topological polar surface area (TPSA) is 58.4 Å². The van der Waals surface area contributed by atoms with Crippen LogP contribution in [0.2, 0.25) is 0 Å². The van der Waals surface area contributed by atoms with E-state index in [9.17, 15) is 10.1 Å². The summed E-state index contributed by atoms with van der Waals surface area (Å²) in [6.45, 7) is 6.26. The molecule has 0 spiro atoms. The lowest BCUT2D eigenvalue weighted by atomic mass is 10.1. The first-order valence-corrected chi connectivity index (χ1v) is 7.89. The van der Waals surface area contributed by atoms with Crippen molar-refractivity contribution in [1.29, 1.82) is 0 Å². The van der Waals surface area contributed by atoms with Crippen LogP contribution in [0.4, 0.5) is 11.4 Å². The molecule has 1 fully saturated rings. The molecule has 1 aromatic rings. The average Bonchev–Trinajstić information content (AvgIpc) is 2.43. The van der Waals surface area contributed by atoms with Crippen molar-refractivity contribution in [3.63, 3.8) is 0 Å². The summed E-state index contributed by atoms with van der Waals surface area (Å²) < 4.78 is 0. The molecule has 6 heteroatoms. The van der Waals surface area contributed by atoms with Crippen molar-refractivity contribution in [2.24, 2.45) is 0 Å². The van der Waals surface area contributed by atoms with Crippen molar-refractivity contribution < 1.29 is 4.92 Å². The standard InChI is InChI=1S/C14H21N3O2S/c1-10-11(2)20-8-7-16(10)9-12-5-4-6-13(17(18)19)14(12)15-3/h4-6,10-11,15H,7-9H2,1-3H3. The zero-order valence-electron chi connectivity index (χ0n) is 12.1. The Bertz CT molecular complexity index is 495. The van der Waals surface area contributed by atoms with Gasteiger partial charge in [-0.05, 0) is 12.5 Å². The molecule has 1 aromatic carbocycles. The van der Waals surface area contributed by atoms with E-state index in [1.54, 1.807) is 19.2 Å². The SMILES string of the molecule is CNc1c(CN2CCSC(C)C2C)cccc1[N+](=O)[O-]. The van der Waals surface area contributed by atoms with Crippen LogP contribution in [-0.4, -0.2) is 40.5 Å². The fourth-order valence-electron chi connectivity index (χ4n) is 2.60. The van der Waals surface area contributed by atoms with E-state index in [4.69, 9.17) is 0 Å². The Kier molecular flexibility index (Phi) is 4.88. The summed E-state index contributed by atoms with van der Waals surface area (Å²) in [5, 5.41) is 14.7. The zero-order valence-corrected chi connectivity index (χ0v) is 12.9. The normalized spacial score (nSPS) is 23.6. The minimum Gasteiger partial charge on any atom is -0.382 e. The van der Waals surface area contributed by atoms with Crippen molar-refractivity contribution in [3.05, 3.63) is 33.9 Å². The molecule has 1 N–H and O–H groups in total. The lowest BCUT2D eigenvalue weighted by molar-refractivity contribution is -0.384. The molecule has 1 saturated heterocycles. The average molecular weight is 295 g/mol. The number of hydrogen-bond donors (Lipinski definition) is 1. The van der Waals surface area contributed by atoms with Gasteiger partial charge >= 0.3 is 0 Å². The van der Waals surface area contributed by atoms with Gasteiger partial charge in [-0.25, -0.2) is 0 Å². The highest BCUT2D eigenvalue weighted by Gasteiger charge is 2.26. The number of nitro groups is 1. The molecule has 2 rings (SSSR count). The Balaban J connectivity index is 2.24. The third-order valence-corrected chi connectivity index (χ3v) is 5.30. The molecule has 0 aromatic heterocycles. The summed E-state index contributed by atoms with van der Waals surface area (Å²) in [6.07, 6.45) is 0. The number of nitrogens with zero attached hydrogens (tertiary/aromatic N) is 2. The number of anilines is 1. The van der Waals surface area contributed by atoms with Crippen LogP contribution in [0.1, 0.15) is 19.4 Å². The number of hydrogen-bond acceptors (Lipinski definition) is 5. The molecule has 2 atom stereocenters. The first-order chi connectivity index (χ1) is 9.54. The van der Waals surface area contributed by atoms with E-state index in [0.29, 0.717) is 17.0 Å². The van der Waals surface area contributed by atoms with Gasteiger partial charge in [0.1, 0.15) is 5.69 Å². The lowest BCUT2D eigenvalue weighted by Crippen LogP contribution is -2.44. The van der Waals surface area contributed by atoms with E-state index in [2.05, 4.69) is 24.1 Å². The van der Waals surface area contributed by atoms with Crippen LogP contribution in [0, 0.1) is 10.1 Å². The highest BCUT2D eigenvalue weighted by molar-refractivity contribution is 8.00. The second kappa shape index (κ2) is 6.45. The molecule has 1 aliphatic rings. The Hall–Kier alpha value is -1.27. The van der Waals surface area contributed by atoms with Gasteiger partial charge in [0.2, 0.25) is 0 Å². The fourth-order valence-corrected chi connectivity index (χ4v) is 3.76. The molecule has 0 aliphatic carbocycles. The molecule has 0 radical (unpaired) electrons. The number of para-hydroxylation sites is 1. The molecule has 1 aliphatic heterocycles. The van der Waals surface area contributed by atoms with E-state index in [-0.39, 0.29) is 10.6 Å². The summed E-state index contributed by atoms with van der Waals surface area (Å²) in [5.74, 6) is 1.12. The van der Waals surface area contributed by atoms with Crippen molar-refractivity contribution in [2.75, 3.05) is 24.7 Å². The third-order valence-electron chi connectivity index (χ3n) is 3.96. The fraction of sp³-hybridized carbons (Fsp3) is 0.571. The van der Waals surface area contributed by atoms with Crippen molar-refractivity contribution >= 4 is 23.1 Å². The van der Waals surface area contributed by atoms with Gasteiger partial charge in [-0.15, -0.1) is 0 Å². The van der Waals surface area contributed by atoms with Crippen molar-refractivity contribution in [2.45, 2.75) is 31.7 Å². The molecule has 1 heterocycles. The maximum absolute atomic E-state index is 11.1. The summed E-state index contributed by atoms with van der Waals surface area (Å²) in [6, 6.07) is 5.77. The van der Waals surface area contributed by atoms with Gasteiger partial charge in [0.15, 0.2) is 0 Å². The number of nitro benzene ring substituents is 1. The van der Waals surface area contributed by atoms with Gasteiger partial charge in [0, 0.05) is 43.2 Å². The van der Waals surface area contributed by atoms with Crippen LogP contribution in [0.15, 0.2) is 18.2 Å². The zero-order chi connectivity index (χ0) is 14.7. The van der Waals surface area contributed by atoms with Crippen LogP contribution in [0.3, 0.4) is 0 Å². The van der Waals surface area contributed by atoms with Gasteiger partial charge < -0.3 is 5.32 Å². The van der Waals surface area contributed by atoms with Gasteiger partial charge in [-0.1, -0.05) is 19.1 Å². The highest BCUT2D eigenvalue weighted by atomic mass is 32.2. The maximum Gasteiger partial charge on any atom is 0.292 e. The molecular formula is C14H21N3O2S. The van der Waals surface area contributed by atoms with E-state index >= 15 is 0 Å². The Morgan fingerprint density at radius 1 is 1.50 bits per heavy atom. The van der Waals surface area contributed by atoms with Crippen LogP contribution < -0.4 is 5.32 Å². The van der Waals surface area contributed by atoms with E-state index in [1.165, 1.54) is 0 Å². The molecule has 0 amide bonds. The lowest BCUT2D eigenvalue weighted by Gasteiger charge is -2.37. The third kappa shape index (κ3) is 3.07. The summed E-state index contributed by atoms with van der Waals surface area (Å²) in [4.78, 5) is 13.2. The van der Waals surface area contributed by atoms with Crippen LogP contribution in [0.25, 0.3) is 0 Å². The smallest absolute Gasteiger partial charge is 0.292 e. The molecule has 5 nitrogen and oxygen atoms in total. The Morgan fingerprint density at radius 3 is 2.90 bits per heavy atom. The molecule has 110 valence electrons. The predicted molar refractivity (Wildman–Crippen MR) is 84.4 cm³/mol. The molecule has 0 saturated carbocycles. The molecular weight excluding hydrogens is 274 g/mol. The Labute approximate surface area is 123 Å². The predicted octanol–water partition coefficient (Wildman–Crippen LogP) is 2.96. The van der Waals surface area contributed by atoms with Crippen LogP contribution in [0.5, 0.6) is 0 Å². The minimum atomic E-state index is -0.326. The number of benzene rings is 1. The van der Waals surface area contributed by atoms with Crippen molar-refractivity contribution in [3.8, 4) is 0 Å². The minimum absolute atomic E-state index is 0.150. The van der Waals surface area contributed by atoms with E-state index < -0.39 is 0 Å². The maximum atomic E-state index is 11.1. The monoisotopic (exact) mass is 295 g/mol.